The molecule has 2 aliphatic rings. The molecule has 1 aromatic rings. The maximum atomic E-state index is 13.1. The number of carbonyl (C=O) groups is 1. The van der Waals surface area contributed by atoms with Gasteiger partial charge in [0.15, 0.2) is 5.78 Å². The number of ether oxygens (including phenoxy) is 1. The summed E-state index contributed by atoms with van der Waals surface area (Å²) >= 11 is 2.07. The van der Waals surface area contributed by atoms with E-state index in [1.165, 1.54) is 30.9 Å². The quantitative estimate of drug-likeness (QED) is 0.767. The van der Waals surface area contributed by atoms with Crippen LogP contribution in [0.5, 0.6) is 5.75 Å². The van der Waals surface area contributed by atoms with E-state index in [0.29, 0.717) is 11.8 Å². The van der Waals surface area contributed by atoms with Crippen molar-refractivity contribution in [2.24, 2.45) is 5.92 Å². The van der Waals surface area contributed by atoms with Crippen LogP contribution in [-0.2, 0) is 0 Å². The Morgan fingerprint density at radius 3 is 2.46 bits per heavy atom. The minimum absolute atomic E-state index is 0.153. The van der Waals surface area contributed by atoms with Crippen molar-refractivity contribution in [3.05, 3.63) is 28.8 Å². The van der Waals surface area contributed by atoms with Crippen LogP contribution in [0.3, 0.4) is 0 Å². The zero-order valence-electron chi connectivity index (χ0n) is 15.1. The summed E-state index contributed by atoms with van der Waals surface area (Å²) in [7, 11) is 1.69. The first kappa shape index (κ1) is 17.8. The van der Waals surface area contributed by atoms with Crippen LogP contribution in [0.1, 0.15) is 47.2 Å². The van der Waals surface area contributed by atoms with E-state index in [-0.39, 0.29) is 5.92 Å². The van der Waals surface area contributed by atoms with E-state index in [1.807, 2.05) is 26.0 Å². The largest absolute Gasteiger partial charge is 0.496 e. The molecule has 24 heavy (non-hydrogen) atoms. The molecule has 3 nitrogen and oxygen atoms in total. The Balaban J connectivity index is 1.72. The van der Waals surface area contributed by atoms with Gasteiger partial charge >= 0.3 is 0 Å². The van der Waals surface area contributed by atoms with Crippen molar-refractivity contribution in [1.29, 1.82) is 0 Å². The zero-order chi connectivity index (χ0) is 17.1. The van der Waals surface area contributed by atoms with Crippen LogP contribution in [0.15, 0.2) is 12.1 Å². The van der Waals surface area contributed by atoms with Gasteiger partial charge in [0.1, 0.15) is 5.75 Å². The highest BCUT2D eigenvalue weighted by atomic mass is 32.2. The van der Waals surface area contributed by atoms with Gasteiger partial charge in [0, 0.05) is 24.1 Å². The fraction of sp³-hybridized carbons (Fsp3) is 0.650. The lowest BCUT2D eigenvalue weighted by molar-refractivity contribution is 0.0741. The molecular formula is C20H29NO2S. The number of likely N-dealkylation sites (tertiary alicyclic amines) is 1. The first-order valence-corrected chi connectivity index (χ1v) is 10.3. The minimum atomic E-state index is 0.153. The fourth-order valence-corrected chi connectivity index (χ4v) is 5.33. The SMILES string of the molecule is COc1c(C)cc(C(=O)[C@@H]2CCCN(C3CCSCC3)C2)cc1C. The molecule has 4 heteroatoms. The van der Waals surface area contributed by atoms with Gasteiger partial charge in [0.05, 0.1) is 7.11 Å². The van der Waals surface area contributed by atoms with Crippen molar-refractivity contribution >= 4 is 17.5 Å². The molecule has 0 N–H and O–H groups in total. The highest BCUT2D eigenvalue weighted by Gasteiger charge is 2.31. The third kappa shape index (κ3) is 3.80. The number of hydrogen-bond donors (Lipinski definition) is 0. The second kappa shape index (κ2) is 7.92. The monoisotopic (exact) mass is 347 g/mol. The molecule has 2 saturated heterocycles. The second-order valence-corrected chi connectivity index (χ2v) is 8.41. The molecule has 2 heterocycles. The highest BCUT2D eigenvalue weighted by Crippen LogP contribution is 2.30. The van der Waals surface area contributed by atoms with E-state index in [1.54, 1.807) is 7.11 Å². The molecule has 0 unspecified atom stereocenters. The van der Waals surface area contributed by atoms with Crippen LogP contribution in [-0.4, -0.2) is 48.4 Å². The lowest BCUT2D eigenvalue weighted by Crippen LogP contribution is -2.46. The number of benzene rings is 1. The highest BCUT2D eigenvalue weighted by molar-refractivity contribution is 7.99. The lowest BCUT2D eigenvalue weighted by Gasteiger charge is -2.39. The molecule has 132 valence electrons. The molecule has 2 fully saturated rings. The Morgan fingerprint density at radius 2 is 1.83 bits per heavy atom. The Labute approximate surface area is 150 Å². The number of carbonyl (C=O) groups excluding carboxylic acids is 1. The molecule has 1 atom stereocenters. The molecule has 0 aliphatic carbocycles. The van der Waals surface area contributed by atoms with E-state index in [2.05, 4.69) is 16.7 Å². The first-order chi connectivity index (χ1) is 11.6. The Morgan fingerprint density at radius 1 is 1.17 bits per heavy atom. The maximum absolute atomic E-state index is 13.1. The van der Waals surface area contributed by atoms with Crippen molar-refractivity contribution in [2.75, 3.05) is 31.7 Å². The molecular weight excluding hydrogens is 318 g/mol. The number of nitrogens with zero attached hydrogens (tertiary/aromatic N) is 1. The van der Waals surface area contributed by atoms with Crippen molar-refractivity contribution in [1.82, 2.24) is 4.90 Å². The third-order valence-electron chi connectivity index (χ3n) is 5.48. The van der Waals surface area contributed by atoms with Crippen molar-refractivity contribution in [3.63, 3.8) is 0 Å². The van der Waals surface area contributed by atoms with Crippen molar-refractivity contribution in [3.8, 4) is 5.75 Å². The van der Waals surface area contributed by atoms with E-state index in [4.69, 9.17) is 4.74 Å². The van der Waals surface area contributed by atoms with Gasteiger partial charge < -0.3 is 4.74 Å². The van der Waals surface area contributed by atoms with Crippen LogP contribution in [0.4, 0.5) is 0 Å². The molecule has 2 aliphatic heterocycles. The smallest absolute Gasteiger partial charge is 0.167 e. The summed E-state index contributed by atoms with van der Waals surface area (Å²) in [6.07, 6.45) is 4.74. The van der Waals surface area contributed by atoms with Crippen LogP contribution in [0, 0.1) is 19.8 Å². The number of rotatable bonds is 4. The average Bonchev–Trinajstić information content (AvgIpc) is 2.61. The topological polar surface area (TPSA) is 29.5 Å². The predicted molar refractivity (Wildman–Crippen MR) is 101 cm³/mol. The van der Waals surface area contributed by atoms with Crippen LogP contribution >= 0.6 is 11.8 Å². The summed E-state index contributed by atoms with van der Waals surface area (Å²) in [5.74, 6) is 3.92. The normalized spacial score (nSPS) is 23.2. The minimum Gasteiger partial charge on any atom is -0.496 e. The summed E-state index contributed by atoms with van der Waals surface area (Å²) in [6.45, 7) is 6.16. The average molecular weight is 348 g/mol. The van der Waals surface area contributed by atoms with E-state index >= 15 is 0 Å². The van der Waals surface area contributed by atoms with E-state index in [0.717, 1.165) is 41.8 Å². The summed E-state index contributed by atoms with van der Waals surface area (Å²) in [4.78, 5) is 15.7. The number of piperidine rings is 1. The number of methoxy groups -OCH3 is 1. The molecule has 0 saturated carbocycles. The van der Waals surface area contributed by atoms with Gasteiger partial charge in [0.2, 0.25) is 0 Å². The van der Waals surface area contributed by atoms with E-state index < -0.39 is 0 Å². The summed E-state index contributed by atoms with van der Waals surface area (Å²) < 4.78 is 5.43. The van der Waals surface area contributed by atoms with Crippen LogP contribution in [0.2, 0.25) is 0 Å². The Kier molecular flexibility index (Phi) is 5.88. The number of ketones is 1. The molecule has 0 aromatic heterocycles. The van der Waals surface area contributed by atoms with Gasteiger partial charge in [-0.3, -0.25) is 9.69 Å². The van der Waals surface area contributed by atoms with Gasteiger partial charge in [0.25, 0.3) is 0 Å². The lowest BCUT2D eigenvalue weighted by atomic mass is 9.87. The third-order valence-corrected chi connectivity index (χ3v) is 6.53. The first-order valence-electron chi connectivity index (χ1n) is 9.11. The zero-order valence-corrected chi connectivity index (χ0v) is 16.0. The van der Waals surface area contributed by atoms with E-state index in [9.17, 15) is 4.79 Å². The summed E-state index contributed by atoms with van der Waals surface area (Å²) in [6, 6.07) is 4.70. The number of aryl methyl sites for hydroxylation is 2. The van der Waals surface area contributed by atoms with Crippen LogP contribution in [0.25, 0.3) is 0 Å². The number of thioether (sulfide) groups is 1. The fourth-order valence-electron chi connectivity index (χ4n) is 4.25. The van der Waals surface area contributed by atoms with Gasteiger partial charge in [-0.15, -0.1) is 0 Å². The van der Waals surface area contributed by atoms with Crippen molar-refractivity contribution < 1.29 is 9.53 Å². The molecule has 0 radical (unpaired) electrons. The van der Waals surface area contributed by atoms with Crippen LogP contribution < -0.4 is 4.74 Å². The van der Waals surface area contributed by atoms with Gasteiger partial charge in [-0.1, -0.05) is 0 Å². The predicted octanol–water partition coefficient (Wildman–Crippen LogP) is 4.10. The number of Topliss-reactive ketones (excluding diaryl/α,β-unsaturated/α-hetero) is 1. The Bertz CT molecular complexity index is 572. The molecule has 3 rings (SSSR count). The number of hydrogen-bond acceptors (Lipinski definition) is 4. The van der Waals surface area contributed by atoms with Crippen molar-refractivity contribution in [2.45, 2.75) is 45.6 Å². The standard InChI is InChI=1S/C20H29NO2S/c1-14-11-17(12-15(2)20(14)23-3)19(22)16-5-4-8-21(13-16)18-6-9-24-10-7-18/h11-12,16,18H,4-10,13H2,1-3H3/t16-/m1/s1. The molecule has 0 bridgehead atoms. The Hall–Kier alpha value is -1.00. The molecule has 0 spiro atoms. The molecule has 0 amide bonds. The molecule has 1 aromatic carbocycles. The summed E-state index contributed by atoms with van der Waals surface area (Å²) in [5, 5.41) is 0. The van der Waals surface area contributed by atoms with Gasteiger partial charge in [-0.25, -0.2) is 0 Å². The second-order valence-electron chi connectivity index (χ2n) is 7.19. The maximum Gasteiger partial charge on any atom is 0.167 e. The summed E-state index contributed by atoms with van der Waals surface area (Å²) in [5.41, 5.74) is 2.97. The van der Waals surface area contributed by atoms with Gasteiger partial charge in [-0.2, -0.15) is 11.8 Å². The van der Waals surface area contributed by atoms with Gasteiger partial charge in [-0.05, 0) is 80.8 Å².